The third-order valence-electron chi connectivity index (χ3n) is 6.04. The monoisotopic (exact) mass is 437 g/mol. The minimum Gasteiger partial charge on any atom is -0.488 e. The van der Waals surface area contributed by atoms with E-state index in [1.165, 1.54) is 0 Å². The fourth-order valence-corrected chi connectivity index (χ4v) is 4.31. The quantitative estimate of drug-likeness (QED) is 0.737. The van der Waals surface area contributed by atoms with Gasteiger partial charge in [0, 0.05) is 50.2 Å². The van der Waals surface area contributed by atoms with Crippen LogP contribution < -0.4 is 15.1 Å². The SMILES string of the molecule is C/N=c1/cc(N2CCOc3cc(C(=O)N4CCCC(C)C4)cnc32)ccn1C(=O)C(C)C. The number of amides is 1. The molecule has 0 bridgehead atoms. The van der Waals surface area contributed by atoms with E-state index in [2.05, 4.69) is 16.9 Å². The number of pyridine rings is 2. The van der Waals surface area contributed by atoms with Gasteiger partial charge >= 0.3 is 0 Å². The van der Waals surface area contributed by atoms with Crippen LogP contribution in [0, 0.1) is 11.8 Å². The molecule has 0 aliphatic carbocycles. The third kappa shape index (κ3) is 4.26. The van der Waals surface area contributed by atoms with Crippen molar-refractivity contribution >= 4 is 23.3 Å². The maximum Gasteiger partial charge on any atom is 0.255 e. The number of likely N-dealkylation sites (tertiary alicyclic amines) is 1. The number of aromatic nitrogens is 2. The molecule has 2 aliphatic rings. The van der Waals surface area contributed by atoms with Crippen LogP contribution in [-0.2, 0) is 0 Å². The number of rotatable bonds is 3. The van der Waals surface area contributed by atoms with Gasteiger partial charge in [-0.25, -0.2) is 4.98 Å². The predicted octanol–water partition coefficient (Wildman–Crippen LogP) is 3.11. The summed E-state index contributed by atoms with van der Waals surface area (Å²) < 4.78 is 7.44. The van der Waals surface area contributed by atoms with Crippen LogP contribution in [0.15, 0.2) is 35.6 Å². The van der Waals surface area contributed by atoms with Crippen LogP contribution in [0.5, 0.6) is 5.75 Å². The van der Waals surface area contributed by atoms with Gasteiger partial charge in [0.2, 0.25) is 5.91 Å². The average Bonchev–Trinajstić information content (AvgIpc) is 2.81. The molecule has 8 nitrogen and oxygen atoms in total. The Morgan fingerprint density at radius 3 is 2.78 bits per heavy atom. The van der Waals surface area contributed by atoms with Gasteiger partial charge in [0.1, 0.15) is 12.1 Å². The van der Waals surface area contributed by atoms with E-state index in [1.54, 1.807) is 30.1 Å². The Labute approximate surface area is 188 Å². The second-order valence-electron chi connectivity index (χ2n) is 8.87. The molecule has 0 aromatic carbocycles. The average molecular weight is 438 g/mol. The first-order valence-corrected chi connectivity index (χ1v) is 11.3. The number of piperidine rings is 1. The molecule has 1 amide bonds. The molecule has 8 heteroatoms. The molecule has 0 N–H and O–H groups in total. The van der Waals surface area contributed by atoms with E-state index in [4.69, 9.17) is 4.74 Å². The highest BCUT2D eigenvalue weighted by molar-refractivity contribution is 5.95. The van der Waals surface area contributed by atoms with E-state index in [1.807, 2.05) is 35.8 Å². The molecule has 2 aliphatic heterocycles. The van der Waals surface area contributed by atoms with E-state index >= 15 is 0 Å². The minimum atomic E-state index is -0.129. The molecule has 2 aromatic heterocycles. The second kappa shape index (κ2) is 9.14. The topological polar surface area (TPSA) is 80.0 Å². The molecule has 1 saturated heterocycles. The highest BCUT2D eigenvalue weighted by Gasteiger charge is 2.26. The van der Waals surface area contributed by atoms with Gasteiger partial charge in [-0.2, -0.15) is 0 Å². The summed E-state index contributed by atoms with van der Waals surface area (Å²) in [7, 11) is 1.67. The van der Waals surface area contributed by atoms with Crippen LogP contribution in [-0.4, -0.2) is 59.6 Å². The Bertz CT molecular complexity index is 1090. The highest BCUT2D eigenvalue weighted by atomic mass is 16.5. The molecule has 0 radical (unpaired) electrons. The molecule has 1 atom stereocenters. The summed E-state index contributed by atoms with van der Waals surface area (Å²) in [5.41, 5.74) is 2.01. The van der Waals surface area contributed by atoms with Crippen molar-refractivity contribution in [3.63, 3.8) is 0 Å². The maximum absolute atomic E-state index is 13.0. The molecule has 170 valence electrons. The van der Waals surface area contributed by atoms with Gasteiger partial charge in [0.05, 0.1) is 12.1 Å². The molecule has 1 unspecified atom stereocenters. The summed E-state index contributed by atoms with van der Waals surface area (Å²) >= 11 is 0. The number of carbonyl (C=O) groups is 2. The molecule has 0 spiro atoms. The van der Waals surface area contributed by atoms with Crippen LogP contribution in [0.2, 0.25) is 0 Å². The predicted molar refractivity (Wildman–Crippen MR) is 122 cm³/mol. The van der Waals surface area contributed by atoms with Gasteiger partial charge in [0.15, 0.2) is 11.6 Å². The van der Waals surface area contributed by atoms with Crippen molar-refractivity contribution in [1.82, 2.24) is 14.5 Å². The zero-order chi connectivity index (χ0) is 22.8. The summed E-state index contributed by atoms with van der Waals surface area (Å²) in [5, 5.41) is 0. The lowest BCUT2D eigenvalue weighted by Crippen LogP contribution is -2.39. The third-order valence-corrected chi connectivity index (χ3v) is 6.04. The highest BCUT2D eigenvalue weighted by Crippen LogP contribution is 2.35. The zero-order valence-electron chi connectivity index (χ0n) is 19.2. The Morgan fingerprint density at radius 2 is 2.06 bits per heavy atom. The van der Waals surface area contributed by atoms with E-state index in [-0.39, 0.29) is 17.7 Å². The van der Waals surface area contributed by atoms with E-state index in [9.17, 15) is 9.59 Å². The Hall–Kier alpha value is -3.16. The fourth-order valence-electron chi connectivity index (χ4n) is 4.31. The first-order chi connectivity index (χ1) is 15.4. The zero-order valence-corrected chi connectivity index (χ0v) is 19.2. The molecule has 0 saturated carbocycles. The smallest absolute Gasteiger partial charge is 0.255 e. The molecule has 4 heterocycles. The number of anilines is 2. The number of hydrogen-bond acceptors (Lipinski definition) is 6. The summed E-state index contributed by atoms with van der Waals surface area (Å²) in [6.45, 7) is 8.58. The molecule has 32 heavy (non-hydrogen) atoms. The van der Waals surface area contributed by atoms with Gasteiger partial charge in [-0.3, -0.25) is 19.1 Å². The molecular weight excluding hydrogens is 406 g/mol. The number of nitrogens with zero attached hydrogens (tertiary/aromatic N) is 5. The van der Waals surface area contributed by atoms with E-state index in [0.29, 0.717) is 41.7 Å². The van der Waals surface area contributed by atoms with Gasteiger partial charge in [-0.05, 0) is 30.9 Å². The number of ether oxygens (including phenoxy) is 1. The Kier molecular flexibility index (Phi) is 6.30. The van der Waals surface area contributed by atoms with Crippen molar-refractivity contribution in [2.45, 2.75) is 33.6 Å². The van der Waals surface area contributed by atoms with Crippen molar-refractivity contribution in [3.8, 4) is 5.75 Å². The normalized spacial score (nSPS) is 19.0. The van der Waals surface area contributed by atoms with Gasteiger partial charge in [-0.15, -0.1) is 0 Å². The molecular formula is C24H31N5O3. The number of hydrogen-bond donors (Lipinski definition) is 0. The lowest BCUT2D eigenvalue weighted by atomic mass is 10.00. The van der Waals surface area contributed by atoms with Crippen molar-refractivity contribution in [2.75, 3.05) is 38.2 Å². The Balaban J connectivity index is 1.63. The first kappa shape index (κ1) is 22.0. The van der Waals surface area contributed by atoms with Crippen molar-refractivity contribution in [1.29, 1.82) is 0 Å². The fraction of sp³-hybridized carbons (Fsp3) is 0.500. The summed E-state index contributed by atoms with van der Waals surface area (Å²) in [6, 6.07) is 5.57. The molecule has 1 fully saturated rings. The van der Waals surface area contributed by atoms with E-state index < -0.39 is 0 Å². The molecule has 4 rings (SSSR count). The van der Waals surface area contributed by atoms with Crippen LogP contribution in [0.3, 0.4) is 0 Å². The standard InChI is InChI=1S/C24H31N5O3/c1-16(2)23(30)29-9-7-19(13-21(29)25-4)28-10-11-32-20-12-18(14-26-22(20)28)24(31)27-8-5-6-17(3)15-27/h7,9,12-14,16-17H,5-6,8,10-11,15H2,1-4H3/b25-21-. The lowest BCUT2D eigenvalue weighted by molar-refractivity contribution is 0.0682. The van der Waals surface area contributed by atoms with Crippen LogP contribution >= 0.6 is 0 Å². The molecule has 2 aromatic rings. The van der Waals surface area contributed by atoms with Crippen molar-refractivity contribution in [3.05, 3.63) is 41.6 Å². The van der Waals surface area contributed by atoms with E-state index in [0.717, 1.165) is 31.6 Å². The Morgan fingerprint density at radius 1 is 1.25 bits per heavy atom. The second-order valence-corrected chi connectivity index (χ2v) is 8.87. The maximum atomic E-state index is 13.0. The van der Waals surface area contributed by atoms with Crippen molar-refractivity contribution in [2.24, 2.45) is 16.8 Å². The van der Waals surface area contributed by atoms with Gasteiger partial charge < -0.3 is 14.5 Å². The number of fused-ring (bicyclic) bond motifs is 1. The van der Waals surface area contributed by atoms with Crippen LogP contribution in [0.25, 0.3) is 0 Å². The number of carbonyl (C=O) groups excluding carboxylic acids is 2. The van der Waals surface area contributed by atoms with Crippen LogP contribution in [0.1, 0.15) is 48.8 Å². The summed E-state index contributed by atoms with van der Waals surface area (Å²) in [5.74, 6) is 1.65. The van der Waals surface area contributed by atoms with Gasteiger partial charge in [-0.1, -0.05) is 20.8 Å². The van der Waals surface area contributed by atoms with Crippen molar-refractivity contribution < 1.29 is 14.3 Å². The first-order valence-electron chi connectivity index (χ1n) is 11.3. The lowest BCUT2D eigenvalue weighted by Gasteiger charge is -2.32. The van der Waals surface area contributed by atoms with Crippen LogP contribution in [0.4, 0.5) is 11.5 Å². The summed E-state index contributed by atoms with van der Waals surface area (Å²) in [4.78, 5) is 38.3. The summed E-state index contributed by atoms with van der Waals surface area (Å²) in [6.07, 6.45) is 5.59. The largest absolute Gasteiger partial charge is 0.488 e. The van der Waals surface area contributed by atoms with Gasteiger partial charge in [0.25, 0.3) is 5.91 Å². The minimum absolute atomic E-state index is 0.00663.